The summed E-state index contributed by atoms with van der Waals surface area (Å²) in [6.45, 7) is 5.44. The van der Waals surface area contributed by atoms with Crippen molar-refractivity contribution in [2.75, 3.05) is 0 Å². The Kier molecular flexibility index (Phi) is 6.29. The molecule has 25 heavy (non-hydrogen) atoms. The van der Waals surface area contributed by atoms with Gasteiger partial charge in [0.25, 0.3) is 0 Å². The van der Waals surface area contributed by atoms with Crippen LogP contribution in [0, 0.1) is 30.3 Å². The van der Waals surface area contributed by atoms with Crippen molar-refractivity contribution in [1.82, 2.24) is 9.97 Å². The molecule has 0 fully saturated rings. The number of hydrogen-bond acceptors (Lipinski definition) is 4. The normalized spacial score (nSPS) is 13.7. The van der Waals surface area contributed by atoms with Crippen LogP contribution >= 0.6 is 0 Å². The predicted octanol–water partition coefficient (Wildman–Crippen LogP) is 3.84. The standard InChI is InChI=1S/C17H19F3N2O2S/c1-4-9(2)5-14-16(10(3)21-15(22-14)8-25(23)24)17-12(19)6-11(18)7-13(17)20/h6-7,9H,4-5,8H2,1-3H3,(H,23,24)/p-1. The van der Waals surface area contributed by atoms with Crippen LogP contribution in [0.3, 0.4) is 0 Å². The minimum Gasteiger partial charge on any atom is -0.772 e. The summed E-state index contributed by atoms with van der Waals surface area (Å²) in [5.74, 6) is -3.27. The number of halogens is 3. The van der Waals surface area contributed by atoms with Gasteiger partial charge in [-0.05, 0) is 30.3 Å². The van der Waals surface area contributed by atoms with Crippen molar-refractivity contribution in [3.8, 4) is 11.1 Å². The summed E-state index contributed by atoms with van der Waals surface area (Å²) in [7, 11) is 0. The van der Waals surface area contributed by atoms with Gasteiger partial charge in [0.2, 0.25) is 0 Å². The average Bonchev–Trinajstić information content (AvgIpc) is 2.48. The molecule has 2 aromatic rings. The second-order valence-corrected chi connectivity index (χ2v) is 6.85. The fourth-order valence-electron chi connectivity index (χ4n) is 2.59. The second-order valence-electron chi connectivity index (χ2n) is 5.96. The van der Waals surface area contributed by atoms with E-state index in [1.807, 2.05) is 13.8 Å². The SMILES string of the molecule is CCC(C)Cc1nc(CS(=O)[O-])nc(C)c1-c1c(F)cc(F)cc1F. The number of rotatable bonds is 6. The van der Waals surface area contributed by atoms with Crippen LogP contribution in [0.25, 0.3) is 11.1 Å². The zero-order valence-corrected chi connectivity index (χ0v) is 14.9. The minimum atomic E-state index is -2.38. The molecular formula is C17H18F3N2O2S-. The molecule has 0 aliphatic carbocycles. The third-order valence-corrected chi connectivity index (χ3v) is 4.45. The Hall–Kier alpha value is -1.80. The molecule has 0 bridgehead atoms. The van der Waals surface area contributed by atoms with Gasteiger partial charge in [0.05, 0.1) is 17.0 Å². The zero-order chi connectivity index (χ0) is 18.7. The smallest absolute Gasteiger partial charge is 0.140 e. The van der Waals surface area contributed by atoms with Crippen LogP contribution in [-0.2, 0) is 23.3 Å². The number of hydrogen-bond donors (Lipinski definition) is 0. The van der Waals surface area contributed by atoms with Gasteiger partial charge >= 0.3 is 0 Å². The fourth-order valence-corrected chi connectivity index (χ4v) is 2.93. The van der Waals surface area contributed by atoms with Gasteiger partial charge in [0, 0.05) is 23.4 Å². The van der Waals surface area contributed by atoms with E-state index in [9.17, 15) is 21.9 Å². The first-order valence-electron chi connectivity index (χ1n) is 7.80. The summed E-state index contributed by atoms with van der Waals surface area (Å²) in [6.07, 6.45) is 1.20. The third-order valence-electron chi connectivity index (χ3n) is 3.95. The molecule has 1 aromatic carbocycles. The van der Waals surface area contributed by atoms with Crippen LogP contribution in [0.1, 0.15) is 37.5 Å². The molecule has 0 aliphatic heterocycles. The highest BCUT2D eigenvalue weighted by molar-refractivity contribution is 7.78. The van der Waals surface area contributed by atoms with Crippen molar-refractivity contribution in [3.63, 3.8) is 0 Å². The largest absolute Gasteiger partial charge is 0.772 e. The first kappa shape index (κ1) is 19.5. The lowest BCUT2D eigenvalue weighted by Gasteiger charge is -2.17. The first-order chi connectivity index (χ1) is 11.7. The quantitative estimate of drug-likeness (QED) is 0.724. The Balaban J connectivity index is 2.69. The molecule has 1 aromatic heterocycles. The van der Waals surface area contributed by atoms with Gasteiger partial charge in [0.15, 0.2) is 0 Å². The highest BCUT2D eigenvalue weighted by atomic mass is 32.2. The van der Waals surface area contributed by atoms with E-state index in [0.29, 0.717) is 24.2 Å². The molecule has 136 valence electrons. The molecule has 2 atom stereocenters. The Morgan fingerprint density at radius 3 is 2.28 bits per heavy atom. The van der Waals surface area contributed by atoms with E-state index >= 15 is 0 Å². The summed E-state index contributed by atoms with van der Waals surface area (Å²) in [6, 6.07) is 1.21. The highest BCUT2D eigenvalue weighted by Gasteiger charge is 2.22. The Morgan fingerprint density at radius 2 is 1.76 bits per heavy atom. The van der Waals surface area contributed by atoms with Gasteiger partial charge in [-0.1, -0.05) is 20.3 Å². The van der Waals surface area contributed by atoms with Crippen molar-refractivity contribution in [2.45, 2.75) is 39.4 Å². The maximum absolute atomic E-state index is 14.3. The van der Waals surface area contributed by atoms with Crippen molar-refractivity contribution >= 4 is 11.1 Å². The lowest BCUT2D eigenvalue weighted by Crippen LogP contribution is -2.11. The molecule has 0 amide bonds. The van der Waals surface area contributed by atoms with Crippen molar-refractivity contribution in [1.29, 1.82) is 0 Å². The minimum absolute atomic E-state index is 0.0656. The van der Waals surface area contributed by atoms with Crippen LogP contribution in [-0.4, -0.2) is 18.7 Å². The number of aromatic nitrogens is 2. The summed E-state index contributed by atoms with van der Waals surface area (Å²) in [5.41, 5.74) is 0.354. The Morgan fingerprint density at radius 1 is 1.16 bits per heavy atom. The fraction of sp³-hybridized carbons (Fsp3) is 0.412. The van der Waals surface area contributed by atoms with Crippen LogP contribution in [0.4, 0.5) is 13.2 Å². The molecule has 0 spiro atoms. The van der Waals surface area contributed by atoms with Crippen molar-refractivity contribution < 1.29 is 21.9 Å². The van der Waals surface area contributed by atoms with Crippen molar-refractivity contribution in [3.05, 3.63) is 46.8 Å². The lowest BCUT2D eigenvalue weighted by atomic mass is 9.94. The van der Waals surface area contributed by atoms with Gasteiger partial charge in [-0.2, -0.15) is 0 Å². The van der Waals surface area contributed by atoms with Crippen LogP contribution < -0.4 is 0 Å². The van der Waals surface area contributed by atoms with E-state index in [2.05, 4.69) is 9.97 Å². The molecule has 0 saturated heterocycles. The van der Waals surface area contributed by atoms with Crippen LogP contribution in [0.2, 0.25) is 0 Å². The van der Waals surface area contributed by atoms with Gasteiger partial charge in [-0.15, -0.1) is 0 Å². The van der Waals surface area contributed by atoms with Crippen LogP contribution in [0.5, 0.6) is 0 Å². The number of benzene rings is 1. The molecule has 0 aliphatic rings. The zero-order valence-electron chi connectivity index (χ0n) is 14.1. The summed E-state index contributed by atoms with van der Waals surface area (Å²) < 4.78 is 63.6. The van der Waals surface area contributed by atoms with E-state index in [0.717, 1.165) is 6.42 Å². The second kappa shape index (κ2) is 8.05. The molecular weight excluding hydrogens is 353 g/mol. The molecule has 8 heteroatoms. The van der Waals surface area contributed by atoms with Gasteiger partial charge < -0.3 is 4.55 Å². The molecule has 0 N–H and O–H groups in total. The molecule has 2 unspecified atom stereocenters. The molecule has 0 saturated carbocycles. The van der Waals surface area contributed by atoms with Gasteiger partial charge in [-0.25, -0.2) is 23.1 Å². The molecule has 1 heterocycles. The Labute approximate surface area is 146 Å². The topological polar surface area (TPSA) is 65.9 Å². The number of nitrogens with zero attached hydrogens (tertiary/aromatic N) is 2. The van der Waals surface area contributed by atoms with E-state index in [4.69, 9.17) is 0 Å². The van der Waals surface area contributed by atoms with E-state index < -0.39 is 34.1 Å². The lowest BCUT2D eigenvalue weighted by molar-refractivity contribution is 0.532. The van der Waals surface area contributed by atoms with Gasteiger partial charge in [-0.3, -0.25) is 4.21 Å². The molecule has 0 radical (unpaired) electrons. The molecule has 2 rings (SSSR count). The monoisotopic (exact) mass is 371 g/mol. The van der Waals surface area contributed by atoms with Crippen molar-refractivity contribution in [2.24, 2.45) is 5.92 Å². The average molecular weight is 371 g/mol. The summed E-state index contributed by atoms with van der Waals surface area (Å²) in [5, 5.41) is 0. The Bertz CT molecular complexity index is 792. The maximum Gasteiger partial charge on any atom is 0.140 e. The third kappa shape index (κ3) is 4.64. The first-order valence-corrected chi connectivity index (χ1v) is 9.04. The van der Waals surface area contributed by atoms with Crippen LogP contribution in [0.15, 0.2) is 12.1 Å². The van der Waals surface area contributed by atoms with E-state index in [-0.39, 0.29) is 28.8 Å². The predicted molar refractivity (Wildman–Crippen MR) is 87.9 cm³/mol. The summed E-state index contributed by atoms with van der Waals surface area (Å²) >= 11 is -2.38. The summed E-state index contributed by atoms with van der Waals surface area (Å²) in [4.78, 5) is 8.27. The maximum atomic E-state index is 14.3. The van der Waals surface area contributed by atoms with Gasteiger partial charge in [0.1, 0.15) is 23.3 Å². The highest BCUT2D eigenvalue weighted by Crippen LogP contribution is 2.32. The molecule has 4 nitrogen and oxygen atoms in total. The number of aryl methyl sites for hydroxylation is 1. The van der Waals surface area contributed by atoms with E-state index in [1.165, 1.54) is 6.92 Å². The van der Waals surface area contributed by atoms with E-state index in [1.54, 1.807) is 0 Å².